The van der Waals surface area contributed by atoms with E-state index in [1.165, 1.54) is 23.9 Å². The molecule has 3 aromatic heterocycles. The van der Waals surface area contributed by atoms with E-state index in [1.807, 2.05) is 36.4 Å². The predicted molar refractivity (Wildman–Crippen MR) is 158 cm³/mol. The molecule has 0 bridgehead atoms. The van der Waals surface area contributed by atoms with Crippen molar-refractivity contribution < 1.29 is 9.13 Å². The van der Waals surface area contributed by atoms with Gasteiger partial charge < -0.3 is 4.74 Å². The number of halogens is 1. The predicted octanol–water partition coefficient (Wildman–Crippen LogP) is 7.09. The molecule has 9 heteroatoms. The van der Waals surface area contributed by atoms with Crippen LogP contribution in [-0.4, -0.2) is 51.4 Å². The summed E-state index contributed by atoms with van der Waals surface area (Å²) in [5.41, 5.74) is 3.79. The van der Waals surface area contributed by atoms with E-state index in [4.69, 9.17) is 14.7 Å². The molecular weight excluding hydrogens is 542 g/mol. The third-order valence-electron chi connectivity index (χ3n) is 6.96. The number of nitrogens with zero attached hydrogens (tertiary/aromatic N) is 5. The van der Waals surface area contributed by atoms with Gasteiger partial charge in [-0.15, -0.1) is 21.5 Å². The fourth-order valence-electron chi connectivity index (χ4n) is 4.95. The van der Waals surface area contributed by atoms with Gasteiger partial charge >= 0.3 is 0 Å². The zero-order valence-electron chi connectivity index (χ0n) is 21.5. The standard InChI is InChI=1S/C31H24FN5OS2/c32-22-12-10-21(11-13-22)28-23-8-4-5-9-24(23)29(36-35-28)40-31-27-25(20-6-2-1-3-7-20)19-39-30(27)33-26(34-31)18-37-14-16-38-17-15-37/h1-13,19H,14-18H2. The van der Waals surface area contributed by atoms with Crippen LogP contribution in [0.25, 0.3) is 43.4 Å². The zero-order chi connectivity index (χ0) is 26.9. The van der Waals surface area contributed by atoms with Crippen molar-refractivity contribution in [3.8, 4) is 22.4 Å². The molecule has 1 saturated heterocycles. The average Bonchev–Trinajstić information content (AvgIpc) is 3.43. The number of benzene rings is 3. The number of morpholine rings is 1. The van der Waals surface area contributed by atoms with Crippen LogP contribution in [0.15, 0.2) is 94.3 Å². The molecule has 0 N–H and O–H groups in total. The largest absolute Gasteiger partial charge is 0.379 e. The molecule has 40 heavy (non-hydrogen) atoms. The van der Waals surface area contributed by atoms with Crippen molar-refractivity contribution in [2.45, 2.75) is 16.6 Å². The first kappa shape index (κ1) is 25.2. The van der Waals surface area contributed by atoms with Crippen LogP contribution in [-0.2, 0) is 11.3 Å². The molecule has 0 amide bonds. The van der Waals surface area contributed by atoms with E-state index in [9.17, 15) is 4.39 Å². The SMILES string of the molecule is Fc1ccc(-c2nnc(Sc3nc(CN4CCOCC4)nc4scc(-c5ccccc5)c34)c3ccccc23)cc1. The second kappa shape index (κ2) is 11.0. The summed E-state index contributed by atoms with van der Waals surface area (Å²) in [5.74, 6) is 0.511. The normalized spacial score (nSPS) is 14.2. The third-order valence-corrected chi connectivity index (χ3v) is 8.82. The first-order valence-corrected chi connectivity index (χ1v) is 14.8. The van der Waals surface area contributed by atoms with Gasteiger partial charge in [0.25, 0.3) is 0 Å². The summed E-state index contributed by atoms with van der Waals surface area (Å²) in [7, 11) is 0. The van der Waals surface area contributed by atoms with Crippen LogP contribution >= 0.6 is 23.1 Å². The maximum Gasteiger partial charge on any atom is 0.145 e. The van der Waals surface area contributed by atoms with E-state index in [0.29, 0.717) is 6.54 Å². The van der Waals surface area contributed by atoms with E-state index in [0.717, 1.165) is 85.6 Å². The average molecular weight is 566 g/mol. The summed E-state index contributed by atoms with van der Waals surface area (Å²) in [6.45, 7) is 3.85. The van der Waals surface area contributed by atoms with Crippen molar-refractivity contribution in [1.29, 1.82) is 0 Å². The summed E-state index contributed by atoms with van der Waals surface area (Å²) >= 11 is 3.16. The van der Waals surface area contributed by atoms with E-state index >= 15 is 0 Å². The second-order valence-electron chi connectivity index (χ2n) is 9.54. The molecule has 1 aliphatic heterocycles. The monoisotopic (exact) mass is 565 g/mol. The van der Waals surface area contributed by atoms with E-state index in [-0.39, 0.29) is 5.82 Å². The van der Waals surface area contributed by atoms with Gasteiger partial charge in [0.05, 0.1) is 25.1 Å². The minimum Gasteiger partial charge on any atom is -0.379 e. The molecule has 0 radical (unpaired) electrons. The molecule has 0 unspecified atom stereocenters. The maximum atomic E-state index is 13.6. The van der Waals surface area contributed by atoms with E-state index in [1.54, 1.807) is 23.5 Å². The molecular formula is C31H24FN5OS2. The Morgan fingerprint density at radius 3 is 2.35 bits per heavy atom. The minimum atomic E-state index is -0.279. The van der Waals surface area contributed by atoms with Crippen LogP contribution in [0.5, 0.6) is 0 Å². The summed E-state index contributed by atoms with van der Waals surface area (Å²) in [5, 5.41) is 16.0. The second-order valence-corrected chi connectivity index (χ2v) is 11.4. The number of aromatic nitrogens is 4. The highest BCUT2D eigenvalue weighted by Crippen LogP contribution is 2.42. The smallest absolute Gasteiger partial charge is 0.145 e. The lowest BCUT2D eigenvalue weighted by atomic mass is 10.1. The Balaban J connectivity index is 1.35. The molecule has 1 aliphatic rings. The van der Waals surface area contributed by atoms with Gasteiger partial charge in [-0.3, -0.25) is 4.90 Å². The Bertz CT molecular complexity index is 1800. The summed E-state index contributed by atoms with van der Waals surface area (Å²) < 4.78 is 19.1. The molecule has 6 nitrogen and oxygen atoms in total. The number of thiophene rings is 1. The van der Waals surface area contributed by atoms with Gasteiger partial charge in [0.2, 0.25) is 0 Å². The highest BCUT2D eigenvalue weighted by Gasteiger charge is 2.21. The van der Waals surface area contributed by atoms with Crippen LogP contribution in [0.3, 0.4) is 0 Å². The minimum absolute atomic E-state index is 0.279. The number of rotatable bonds is 6. The van der Waals surface area contributed by atoms with Crippen molar-refractivity contribution in [3.63, 3.8) is 0 Å². The lowest BCUT2D eigenvalue weighted by molar-refractivity contribution is 0.0330. The van der Waals surface area contributed by atoms with Crippen molar-refractivity contribution in [2.75, 3.05) is 26.3 Å². The van der Waals surface area contributed by atoms with Crippen LogP contribution < -0.4 is 0 Å². The quantitative estimate of drug-likeness (QED) is 0.200. The van der Waals surface area contributed by atoms with Gasteiger partial charge in [0.1, 0.15) is 32.2 Å². The van der Waals surface area contributed by atoms with Crippen molar-refractivity contribution >= 4 is 44.1 Å². The van der Waals surface area contributed by atoms with Gasteiger partial charge in [0.15, 0.2) is 0 Å². The highest BCUT2D eigenvalue weighted by atomic mass is 32.2. The van der Waals surface area contributed by atoms with Gasteiger partial charge in [-0.1, -0.05) is 54.6 Å². The van der Waals surface area contributed by atoms with Crippen LogP contribution in [0.4, 0.5) is 4.39 Å². The number of hydrogen-bond acceptors (Lipinski definition) is 8. The number of fused-ring (bicyclic) bond motifs is 2. The third kappa shape index (κ3) is 4.97. The molecule has 7 rings (SSSR count). The molecule has 6 aromatic rings. The number of hydrogen-bond donors (Lipinski definition) is 0. The van der Waals surface area contributed by atoms with Crippen LogP contribution in [0, 0.1) is 5.82 Å². The molecule has 0 saturated carbocycles. The van der Waals surface area contributed by atoms with Crippen LogP contribution in [0.1, 0.15) is 5.82 Å². The molecule has 3 aromatic carbocycles. The van der Waals surface area contributed by atoms with Gasteiger partial charge in [-0.05, 0) is 41.6 Å². The van der Waals surface area contributed by atoms with Crippen molar-refractivity contribution in [1.82, 2.24) is 25.1 Å². The fraction of sp³-hybridized carbons (Fsp3) is 0.161. The maximum absolute atomic E-state index is 13.6. The number of ether oxygens (including phenoxy) is 1. The molecule has 0 spiro atoms. The fourth-order valence-corrected chi connectivity index (χ4v) is 7.00. The Morgan fingerprint density at radius 2 is 1.55 bits per heavy atom. The lowest BCUT2D eigenvalue weighted by Crippen LogP contribution is -2.36. The summed E-state index contributed by atoms with van der Waals surface area (Å²) in [4.78, 5) is 13.4. The summed E-state index contributed by atoms with van der Waals surface area (Å²) in [6, 6.07) is 24.8. The molecule has 1 fully saturated rings. The summed E-state index contributed by atoms with van der Waals surface area (Å²) in [6.07, 6.45) is 0. The van der Waals surface area contributed by atoms with E-state index < -0.39 is 0 Å². The topological polar surface area (TPSA) is 64.0 Å². The molecule has 0 atom stereocenters. The van der Waals surface area contributed by atoms with Crippen molar-refractivity contribution in [3.05, 3.63) is 95.9 Å². The van der Waals surface area contributed by atoms with Gasteiger partial charge in [0, 0.05) is 40.4 Å². The first-order chi connectivity index (χ1) is 19.7. The van der Waals surface area contributed by atoms with Crippen LogP contribution in [0.2, 0.25) is 0 Å². The Kier molecular flexibility index (Phi) is 6.95. The Morgan fingerprint density at radius 1 is 0.800 bits per heavy atom. The zero-order valence-corrected chi connectivity index (χ0v) is 23.1. The Hall–Kier alpha value is -3.76. The molecule has 4 heterocycles. The van der Waals surface area contributed by atoms with Crippen molar-refractivity contribution in [2.24, 2.45) is 0 Å². The lowest BCUT2D eigenvalue weighted by Gasteiger charge is -2.25. The highest BCUT2D eigenvalue weighted by molar-refractivity contribution is 7.99. The van der Waals surface area contributed by atoms with E-state index in [2.05, 4.69) is 38.7 Å². The Labute approximate surface area is 238 Å². The van der Waals surface area contributed by atoms with Gasteiger partial charge in [-0.25, -0.2) is 14.4 Å². The molecule has 0 aliphatic carbocycles. The van der Waals surface area contributed by atoms with Gasteiger partial charge in [-0.2, -0.15) is 0 Å². The molecule has 198 valence electrons. The first-order valence-electron chi connectivity index (χ1n) is 13.1.